The second kappa shape index (κ2) is 6.23. The molecule has 1 heterocycles. The van der Waals surface area contributed by atoms with Gasteiger partial charge in [-0.25, -0.2) is 0 Å². The highest BCUT2D eigenvalue weighted by Gasteiger charge is 2.12. The van der Waals surface area contributed by atoms with Crippen LogP contribution in [0.2, 0.25) is 5.02 Å². The molecule has 0 unspecified atom stereocenters. The molecule has 0 bridgehead atoms. The summed E-state index contributed by atoms with van der Waals surface area (Å²) in [5, 5.41) is 3.19. The minimum absolute atomic E-state index is 0.337. The zero-order chi connectivity index (χ0) is 14.5. The van der Waals surface area contributed by atoms with E-state index in [2.05, 4.69) is 15.7 Å². The molecule has 2 rings (SSSR count). The van der Waals surface area contributed by atoms with Gasteiger partial charge in [-0.3, -0.25) is 15.6 Å². The van der Waals surface area contributed by atoms with Crippen molar-refractivity contribution in [3.63, 3.8) is 0 Å². The van der Waals surface area contributed by atoms with Crippen molar-refractivity contribution in [1.82, 2.24) is 4.98 Å². The molecule has 1 amide bonds. The summed E-state index contributed by atoms with van der Waals surface area (Å²) in [6, 6.07) is 6.56. The summed E-state index contributed by atoms with van der Waals surface area (Å²) in [7, 11) is 1.50. The highest BCUT2D eigenvalue weighted by atomic mass is 35.5. The maximum Gasteiger partial charge on any atom is 0.259 e. The Morgan fingerprint density at radius 2 is 2.20 bits per heavy atom. The second-order valence-corrected chi connectivity index (χ2v) is 4.28. The van der Waals surface area contributed by atoms with Gasteiger partial charge in [0, 0.05) is 24.1 Å². The number of carbonyl (C=O) groups is 1. The van der Waals surface area contributed by atoms with Gasteiger partial charge in [0.1, 0.15) is 5.75 Å². The number of nitrogen functional groups attached to an aromatic ring is 1. The molecule has 1 aromatic heterocycles. The number of halogens is 1. The van der Waals surface area contributed by atoms with Gasteiger partial charge in [-0.05, 0) is 18.2 Å². The third-order valence-corrected chi connectivity index (χ3v) is 2.94. The van der Waals surface area contributed by atoms with E-state index in [1.165, 1.54) is 19.5 Å². The summed E-state index contributed by atoms with van der Waals surface area (Å²) in [5.41, 5.74) is 3.83. The topological polar surface area (TPSA) is 89.3 Å². The van der Waals surface area contributed by atoms with Crippen LogP contribution in [0.3, 0.4) is 0 Å². The predicted octanol–water partition coefficient (Wildman–Crippen LogP) is 2.28. The van der Waals surface area contributed by atoms with E-state index >= 15 is 0 Å². The smallest absolute Gasteiger partial charge is 0.259 e. The predicted molar refractivity (Wildman–Crippen MR) is 78.0 cm³/mol. The van der Waals surface area contributed by atoms with Crippen molar-refractivity contribution in [2.24, 2.45) is 5.84 Å². The van der Waals surface area contributed by atoms with Crippen LogP contribution in [0.25, 0.3) is 0 Å². The van der Waals surface area contributed by atoms with Crippen molar-refractivity contribution < 1.29 is 9.53 Å². The van der Waals surface area contributed by atoms with Gasteiger partial charge in [-0.2, -0.15) is 0 Å². The van der Waals surface area contributed by atoms with Gasteiger partial charge in [-0.1, -0.05) is 11.6 Å². The monoisotopic (exact) mass is 292 g/mol. The number of hydrogen-bond acceptors (Lipinski definition) is 5. The molecule has 7 heteroatoms. The quantitative estimate of drug-likeness (QED) is 0.594. The van der Waals surface area contributed by atoms with Gasteiger partial charge in [0.05, 0.1) is 23.4 Å². The largest absolute Gasteiger partial charge is 0.495 e. The van der Waals surface area contributed by atoms with Gasteiger partial charge < -0.3 is 15.5 Å². The highest BCUT2D eigenvalue weighted by Crippen LogP contribution is 2.27. The maximum atomic E-state index is 12.2. The van der Waals surface area contributed by atoms with E-state index < -0.39 is 0 Å². The fourth-order valence-electron chi connectivity index (χ4n) is 1.64. The number of nitrogens with one attached hydrogen (secondary N) is 2. The molecule has 0 radical (unpaired) electrons. The number of amides is 1. The number of nitrogens with zero attached hydrogens (tertiary/aromatic N) is 1. The van der Waals surface area contributed by atoms with Crippen molar-refractivity contribution in [2.75, 3.05) is 17.9 Å². The Morgan fingerprint density at radius 3 is 2.90 bits per heavy atom. The minimum Gasteiger partial charge on any atom is -0.495 e. The molecule has 1 aromatic carbocycles. The van der Waals surface area contributed by atoms with Gasteiger partial charge >= 0.3 is 0 Å². The average molecular weight is 293 g/mol. The van der Waals surface area contributed by atoms with Crippen LogP contribution in [0.4, 0.5) is 11.4 Å². The first kappa shape index (κ1) is 14.1. The standard InChI is InChI=1S/C13H13ClN4O2/c1-20-12-6-8(2-3-10(12)14)17-13(19)9-7-16-5-4-11(9)18-15/h2-7H,15H2,1H3,(H,16,18)(H,17,19). The molecule has 0 fully saturated rings. The Morgan fingerprint density at radius 1 is 1.40 bits per heavy atom. The molecule has 0 aliphatic heterocycles. The lowest BCUT2D eigenvalue weighted by Crippen LogP contribution is -2.17. The number of nitrogens with two attached hydrogens (primary N) is 1. The van der Waals surface area contributed by atoms with Gasteiger partial charge in [0.15, 0.2) is 0 Å². The average Bonchev–Trinajstić information content (AvgIpc) is 2.49. The first-order valence-corrected chi connectivity index (χ1v) is 6.09. The lowest BCUT2D eigenvalue weighted by molar-refractivity contribution is 0.102. The number of carbonyl (C=O) groups excluding carboxylic acids is 1. The Bertz CT molecular complexity index is 634. The fourth-order valence-corrected chi connectivity index (χ4v) is 1.83. The number of hydrogen-bond donors (Lipinski definition) is 3. The van der Waals surface area contributed by atoms with Gasteiger partial charge in [0.25, 0.3) is 5.91 Å². The number of hydrazine groups is 1. The number of aromatic nitrogens is 1. The van der Waals surface area contributed by atoms with Crippen molar-refractivity contribution in [2.45, 2.75) is 0 Å². The highest BCUT2D eigenvalue weighted by molar-refractivity contribution is 6.32. The third kappa shape index (κ3) is 2.98. The summed E-state index contributed by atoms with van der Waals surface area (Å²) in [4.78, 5) is 16.1. The van der Waals surface area contributed by atoms with E-state index in [1.54, 1.807) is 24.3 Å². The van der Waals surface area contributed by atoms with Crippen LogP contribution in [-0.4, -0.2) is 18.0 Å². The van der Waals surface area contributed by atoms with Crippen molar-refractivity contribution in [3.8, 4) is 5.75 Å². The molecule has 0 aliphatic rings. The molecule has 104 valence electrons. The van der Waals surface area contributed by atoms with Crippen LogP contribution in [0, 0.1) is 0 Å². The molecule has 4 N–H and O–H groups in total. The van der Waals surface area contributed by atoms with E-state index in [9.17, 15) is 4.79 Å². The SMILES string of the molecule is COc1cc(NC(=O)c2cnccc2NN)ccc1Cl. The number of rotatable bonds is 4. The molecule has 6 nitrogen and oxygen atoms in total. The minimum atomic E-state index is -0.338. The first-order chi connectivity index (χ1) is 9.65. The molecule has 0 aliphatic carbocycles. The molecule has 0 saturated heterocycles. The second-order valence-electron chi connectivity index (χ2n) is 3.87. The normalized spacial score (nSPS) is 9.95. The van der Waals surface area contributed by atoms with Gasteiger partial charge in [-0.15, -0.1) is 0 Å². The summed E-state index contributed by atoms with van der Waals surface area (Å²) in [6.45, 7) is 0. The summed E-state index contributed by atoms with van der Waals surface area (Å²) in [6.07, 6.45) is 2.97. The Labute approximate surface area is 120 Å². The van der Waals surface area contributed by atoms with Crippen molar-refractivity contribution >= 4 is 28.9 Å². The van der Waals surface area contributed by atoms with Crippen LogP contribution in [0.15, 0.2) is 36.7 Å². The Balaban J connectivity index is 2.23. The molecular weight excluding hydrogens is 280 g/mol. The van der Waals surface area contributed by atoms with E-state index in [1.807, 2.05) is 0 Å². The fraction of sp³-hybridized carbons (Fsp3) is 0.0769. The van der Waals surface area contributed by atoms with Gasteiger partial charge in [0.2, 0.25) is 0 Å². The lowest BCUT2D eigenvalue weighted by atomic mass is 10.2. The van der Waals surface area contributed by atoms with Crippen molar-refractivity contribution in [1.29, 1.82) is 0 Å². The number of anilines is 2. The number of pyridine rings is 1. The first-order valence-electron chi connectivity index (χ1n) is 5.71. The molecule has 0 saturated carbocycles. The zero-order valence-corrected chi connectivity index (χ0v) is 11.4. The molecule has 2 aromatic rings. The molecule has 0 atom stereocenters. The van der Waals surface area contributed by atoms with E-state index in [4.69, 9.17) is 22.2 Å². The maximum absolute atomic E-state index is 12.2. The van der Waals surface area contributed by atoms with Crippen LogP contribution < -0.4 is 21.3 Å². The number of methoxy groups -OCH3 is 1. The number of benzene rings is 1. The number of ether oxygens (including phenoxy) is 1. The van der Waals surface area contributed by atoms with E-state index in [-0.39, 0.29) is 5.91 Å². The van der Waals surface area contributed by atoms with Crippen LogP contribution in [-0.2, 0) is 0 Å². The molecule has 20 heavy (non-hydrogen) atoms. The van der Waals surface area contributed by atoms with Crippen LogP contribution >= 0.6 is 11.6 Å². The van der Waals surface area contributed by atoms with Crippen molar-refractivity contribution in [3.05, 3.63) is 47.2 Å². The molecule has 0 spiro atoms. The van der Waals surface area contributed by atoms with Crippen LogP contribution in [0.5, 0.6) is 5.75 Å². The summed E-state index contributed by atoms with van der Waals surface area (Å²) in [5.74, 6) is 5.49. The Kier molecular flexibility index (Phi) is 4.39. The molecular formula is C13H13ClN4O2. The zero-order valence-electron chi connectivity index (χ0n) is 10.7. The van der Waals surface area contributed by atoms with Crippen LogP contribution in [0.1, 0.15) is 10.4 Å². The Hall–Kier alpha value is -2.31. The summed E-state index contributed by atoms with van der Waals surface area (Å²) < 4.78 is 5.09. The van der Waals surface area contributed by atoms with E-state index in [0.29, 0.717) is 27.7 Å². The lowest BCUT2D eigenvalue weighted by Gasteiger charge is -2.10. The van der Waals surface area contributed by atoms with E-state index in [0.717, 1.165) is 0 Å². The summed E-state index contributed by atoms with van der Waals surface area (Å²) >= 11 is 5.92. The third-order valence-electron chi connectivity index (χ3n) is 2.63.